The number of carbonyl (C=O) groups excluding carboxylic acids is 1. The van der Waals surface area contributed by atoms with Gasteiger partial charge in [0.25, 0.3) is 0 Å². The Morgan fingerprint density at radius 2 is 1.86 bits per heavy atom. The molecule has 2 aromatic heterocycles. The van der Waals surface area contributed by atoms with Gasteiger partial charge >= 0.3 is 5.97 Å². The fraction of sp³-hybridized carbons (Fsp3) is 0.364. The van der Waals surface area contributed by atoms with Crippen molar-refractivity contribution < 1.29 is 14.7 Å². The summed E-state index contributed by atoms with van der Waals surface area (Å²) in [4.78, 5) is 31.9. The molecule has 2 unspecified atom stereocenters. The smallest absolute Gasteiger partial charge is 0.306 e. The Morgan fingerprint density at radius 3 is 2.43 bits per heavy atom. The third-order valence-corrected chi connectivity index (χ3v) is 5.28. The van der Waals surface area contributed by atoms with Crippen LogP contribution in [0.1, 0.15) is 49.4 Å². The van der Waals surface area contributed by atoms with E-state index in [1.165, 1.54) is 6.92 Å². The highest BCUT2D eigenvalue weighted by atomic mass is 16.4. The number of Topliss-reactive ketones (excluding diaryl/α,β-unsaturated/α-hetero) is 1. The van der Waals surface area contributed by atoms with Crippen molar-refractivity contribution in [3.05, 3.63) is 53.5 Å². The van der Waals surface area contributed by atoms with Crippen molar-refractivity contribution in [3.8, 4) is 5.69 Å². The van der Waals surface area contributed by atoms with E-state index < -0.39 is 5.97 Å². The maximum Gasteiger partial charge on any atom is 0.306 e. The fourth-order valence-electron chi connectivity index (χ4n) is 3.29. The van der Waals surface area contributed by atoms with E-state index >= 15 is 0 Å². The third-order valence-electron chi connectivity index (χ3n) is 5.28. The number of carbonyl (C=O) groups is 2. The number of rotatable bonds is 7. The van der Waals surface area contributed by atoms with Gasteiger partial charge in [-0.25, -0.2) is 9.97 Å². The molecule has 1 N–H and O–H groups in total. The van der Waals surface area contributed by atoms with Crippen LogP contribution in [0, 0.1) is 11.8 Å². The average Bonchev–Trinajstić information content (AvgIpc) is 3.05. The predicted octanol–water partition coefficient (Wildman–Crippen LogP) is 4.08. The molecule has 3 rings (SSSR count). The van der Waals surface area contributed by atoms with Crippen molar-refractivity contribution in [1.29, 1.82) is 0 Å². The molecule has 0 aliphatic heterocycles. The van der Waals surface area contributed by atoms with E-state index in [1.807, 2.05) is 42.7 Å². The van der Waals surface area contributed by atoms with E-state index in [4.69, 9.17) is 0 Å². The molecule has 3 aromatic rings. The van der Waals surface area contributed by atoms with Crippen LogP contribution in [0.25, 0.3) is 16.9 Å². The van der Waals surface area contributed by atoms with E-state index in [0.29, 0.717) is 17.5 Å². The first-order valence-corrected chi connectivity index (χ1v) is 9.52. The number of hydrogen-bond acceptors (Lipinski definition) is 4. The molecule has 0 amide bonds. The van der Waals surface area contributed by atoms with Crippen LogP contribution >= 0.6 is 0 Å². The van der Waals surface area contributed by atoms with Gasteiger partial charge in [-0.2, -0.15) is 0 Å². The molecule has 0 aliphatic carbocycles. The highest BCUT2D eigenvalue weighted by Gasteiger charge is 2.20. The number of aliphatic carboxylic acids is 1. The van der Waals surface area contributed by atoms with Gasteiger partial charge in [-0.05, 0) is 43.0 Å². The number of aryl methyl sites for hydroxylation is 1. The largest absolute Gasteiger partial charge is 0.481 e. The molecule has 28 heavy (non-hydrogen) atoms. The van der Waals surface area contributed by atoms with E-state index in [-0.39, 0.29) is 17.6 Å². The molecule has 0 bridgehead atoms. The summed E-state index contributed by atoms with van der Waals surface area (Å²) in [5.74, 6) is -0.253. The van der Waals surface area contributed by atoms with Crippen LogP contribution in [0.2, 0.25) is 0 Å². The molecule has 6 heteroatoms. The van der Waals surface area contributed by atoms with Crippen LogP contribution in [0.5, 0.6) is 0 Å². The van der Waals surface area contributed by atoms with Crippen LogP contribution in [0.15, 0.2) is 36.5 Å². The lowest BCUT2D eigenvalue weighted by molar-refractivity contribution is -0.142. The number of pyridine rings is 1. The molecule has 6 nitrogen and oxygen atoms in total. The lowest BCUT2D eigenvalue weighted by Crippen LogP contribution is -2.19. The third kappa shape index (κ3) is 3.81. The van der Waals surface area contributed by atoms with Crippen LogP contribution in [0.4, 0.5) is 0 Å². The number of carboxylic acid groups (broad SMARTS) is 1. The number of fused-ring (bicyclic) bond motifs is 1. The number of ketones is 1. The van der Waals surface area contributed by atoms with Gasteiger partial charge in [-0.1, -0.05) is 32.9 Å². The lowest BCUT2D eigenvalue weighted by Gasteiger charge is -2.16. The number of aromatic nitrogens is 3. The summed E-state index contributed by atoms with van der Waals surface area (Å²) in [6.07, 6.45) is 3.03. The Balaban J connectivity index is 1.94. The highest BCUT2D eigenvalue weighted by molar-refractivity contribution is 5.96. The number of carboxylic acids is 1. The molecule has 0 radical (unpaired) electrons. The Bertz CT molecular complexity index is 1020. The van der Waals surface area contributed by atoms with Gasteiger partial charge in [0.1, 0.15) is 11.3 Å². The minimum atomic E-state index is -0.766. The molecule has 0 spiro atoms. The molecule has 0 fully saturated rings. The summed E-state index contributed by atoms with van der Waals surface area (Å²) in [6.45, 7) is 7.26. The zero-order valence-electron chi connectivity index (χ0n) is 16.6. The van der Waals surface area contributed by atoms with Crippen LogP contribution in [-0.4, -0.2) is 31.4 Å². The van der Waals surface area contributed by atoms with Crippen molar-refractivity contribution in [2.45, 2.75) is 40.5 Å². The zero-order valence-corrected chi connectivity index (χ0v) is 16.6. The predicted molar refractivity (Wildman–Crippen MR) is 108 cm³/mol. The van der Waals surface area contributed by atoms with Gasteiger partial charge in [0.15, 0.2) is 11.4 Å². The average molecular weight is 379 g/mol. The second-order valence-electron chi connectivity index (χ2n) is 7.31. The van der Waals surface area contributed by atoms with E-state index in [9.17, 15) is 14.7 Å². The normalized spacial score (nSPS) is 13.4. The van der Waals surface area contributed by atoms with Crippen molar-refractivity contribution in [1.82, 2.24) is 14.5 Å². The second kappa shape index (κ2) is 7.92. The topological polar surface area (TPSA) is 85.1 Å². The van der Waals surface area contributed by atoms with Crippen LogP contribution in [-0.2, 0) is 17.6 Å². The molecule has 2 atom stereocenters. The molecule has 0 saturated heterocycles. The summed E-state index contributed by atoms with van der Waals surface area (Å²) in [5.41, 5.74) is 4.03. The van der Waals surface area contributed by atoms with E-state index in [2.05, 4.69) is 9.97 Å². The minimum absolute atomic E-state index is 0.0314. The van der Waals surface area contributed by atoms with Gasteiger partial charge in [-0.3, -0.25) is 14.2 Å². The van der Waals surface area contributed by atoms with Crippen molar-refractivity contribution in [2.75, 3.05) is 0 Å². The Morgan fingerprint density at radius 1 is 1.18 bits per heavy atom. The number of nitrogens with zero attached hydrogens (tertiary/aromatic N) is 3. The summed E-state index contributed by atoms with van der Waals surface area (Å²) >= 11 is 0. The van der Waals surface area contributed by atoms with E-state index in [0.717, 1.165) is 29.1 Å². The first-order chi connectivity index (χ1) is 13.3. The maximum atomic E-state index is 11.6. The van der Waals surface area contributed by atoms with Crippen molar-refractivity contribution in [3.63, 3.8) is 0 Å². The monoisotopic (exact) mass is 379 g/mol. The number of imidazole rings is 1. The number of benzene rings is 1. The molecule has 146 valence electrons. The standard InChI is InChI=1S/C22H25N3O3/c1-5-20-24-19-11-17(15(4)26)12-23-21(19)25(20)18-8-6-16(7-9-18)10-13(2)14(3)22(27)28/h6-9,11-14H,5,10H2,1-4H3,(H,27,28). The lowest BCUT2D eigenvalue weighted by atomic mass is 9.90. The summed E-state index contributed by atoms with van der Waals surface area (Å²) in [5, 5.41) is 9.17. The second-order valence-corrected chi connectivity index (χ2v) is 7.31. The summed E-state index contributed by atoms with van der Waals surface area (Å²) in [7, 11) is 0. The summed E-state index contributed by atoms with van der Waals surface area (Å²) < 4.78 is 2.01. The quantitative estimate of drug-likeness (QED) is 0.625. The van der Waals surface area contributed by atoms with Crippen molar-refractivity contribution in [2.24, 2.45) is 11.8 Å². The first kappa shape index (κ1) is 19.7. The molecule has 0 aliphatic rings. The van der Waals surface area contributed by atoms with Gasteiger partial charge in [0, 0.05) is 23.9 Å². The van der Waals surface area contributed by atoms with Crippen LogP contribution in [0.3, 0.4) is 0 Å². The Labute approximate surface area is 164 Å². The SMILES string of the molecule is CCc1nc2cc(C(C)=O)cnc2n1-c1ccc(CC(C)C(C)C(=O)O)cc1. The molecule has 2 heterocycles. The molecule has 0 saturated carbocycles. The first-order valence-electron chi connectivity index (χ1n) is 9.52. The number of hydrogen-bond donors (Lipinski definition) is 1. The Kier molecular flexibility index (Phi) is 5.58. The van der Waals surface area contributed by atoms with Gasteiger partial charge in [-0.15, -0.1) is 0 Å². The van der Waals surface area contributed by atoms with Gasteiger partial charge < -0.3 is 5.11 Å². The maximum absolute atomic E-state index is 11.6. The van der Waals surface area contributed by atoms with E-state index in [1.54, 1.807) is 19.2 Å². The van der Waals surface area contributed by atoms with Gasteiger partial charge in [0.2, 0.25) is 0 Å². The highest BCUT2D eigenvalue weighted by Crippen LogP contribution is 2.23. The Hall–Kier alpha value is -3.02. The van der Waals surface area contributed by atoms with Gasteiger partial charge in [0.05, 0.1) is 5.92 Å². The molecule has 1 aromatic carbocycles. The zero-order chi connectivity index (χ0) is 20.4. The van der Waals surface area contributed by atoms with Crippen molar-refractivity contribution >= 4 is 22.9 Å². The fourth-order valence-corrected chi connectivity index (χ4v) is 3.29. The minimum Gasteiger partial charge on any atom is -0.481 e. The molecular weight excluding hydrogens is 354 g/mol. The summed E-state index contributed by atoms with van der Waals surface area (Å²) in [6, 6.07) is 9.84. The molecular formula is C22H25N3O3. The van der Waals surface area contributed by atoms with Crippen LogP contribution < -0.4 is 0 Å².